The van der Waals surface area contributed by atoms with Crippen molar-refractivity contribution >= 4 is 5.91 Å². The lowest BCUT2D eigenvalue weighted by Crippen LogP contribution is -2.49. The van der Waals surface area contributed by atoms with Gasteiger partial charge in [0, 0.05) is 19.6 Å². The minimum Gasteiger partial charge on any atom is -0.365 e. The first-order chi connectivity index (χ1) is 6.29. The molecule has 1 saturated heterocycles. The first-order valence-corrected chi connectivity index (χ1v) is 4.89. The molecule has 2 N–H and O–H groups in total. The van der Waals surface area contributed by atoms with Crippen molar-refractivity contribution in [2.45, 2.75) is 18.9 Å². The molecule has 4 heteroatoms. The van der Waals surface area contributed by atoms with Gasteiger partial charge in [-0.25, -0.2) is 0 Å². The predicted molar refractivity (Wildman–Crippen MR) is 48.1 cm³/mol. The summed E-state index contributed by atoms with van der Waals surface area (Å²) in [5.74, 6) is 0.872. The summed E-state index contributed by atoms with van der Waals surface area (Å²) in [6, 6.07) is 0. The molecular weight excluding hydrogens is 168 g/mol. The van der Waals surface area contributed by atoms with Crippen molar-refractivity contribution in [1.29, 1.82) is 0 Å². The van der Waals surface area contributed by atoms with Gasteiger partial charge < -0.3 is 15.4 Å². The van der Waals surface area contributed by atoms with Crippen LogP contribution in [0, 0.1) is 5.92 Å². The summed E-state index contributed by atoms with van der Waals surface area (Å²) in [5.41, 5.74) is 5.49. The summed E-state index contributed by atoms with van der Waals surface area (Å²) in [4.78, 5) is 13.3. The van der Waals surface area contributed by atoms with Crippen molar-refractivity contribution < 1.29 is 9.53 Å². The Labute approximate surface area is 78.0 Å². The number of hydrogen-bond acceptors (Lipinski definition) is 3. The fraction of sp³-hybridized carbons (Fsp3) is 0.889. The van der Waals surface area contributed by atoms with Crippen LogP contribution in [-0.2, 0) is 9.53 Å². The summed E-state index contributed by atoms with van der Waals surface area (Å²) in [7, 11) is 0. The van der Waals surface area contributed by atoms with E-state index in [2.05, 4.69) is 0 Å². The van der Waals surface area contributed by atoms with Gasteiger partial charge in [0.25, 0.3) is 0 Å². The standard InChI is InChI=1S/C9H16N2O2/c10-3-8-5-11(4-7-1-2-7)9(12)6-13-8/h7-8H,1-6,10H2/t8-/m1/s1. The van der Waals surface area contributed by atoms with E-state index in [-0.39, 0.29) is 18.6 Å². The van der Waals surface area contributed by atoms with Gasteiger partial charge in [0.2, 0.25) is 5.91 Å². The number of carbonyl (C=O) groups excluding carboxylic acids is 1. The second-order valence-corrected chi connectivity index (χ2v) is 3.91. The quantitative estimate of drug-likeness (QED) is 0.648. The van der Waals surface area contributed by atoms with Gasteiger partial charge in [-0.1, -0.05) is 0 Å². The average Bonchev–Trinajstić information content (AvgIpc) is 2.93. The monoisotopic (exact) mass is 184 g/mol. The summed E-state index contributed by atoms with van der Waals surface area (Å²) in [6.45, 7) is 2.33. The molecule has 1 saturated carbocycles. The maximum atomic E-state index is 11.4. The highest BCUT2D eigenvalue weighted by molar-refractivity contribution is 5.78. The van der Waals surface area contributed by atoms with E-state index in [0.717, 1.165) is 12.5 Å². The van der Waals surface area contributed by atoms with E-state index in [1.54, 1.807) is 0 Å². The first kappa shape index (κ1) is 8.97. The minimum atomic E-state index is 0.0523. The Balaban J connectivity index is 1.86. The number of morpholine rings is 1. The fourth-order valence-corrected chi connectivity index (χ4v) is 1.61. The van der Waals surface area contributed by atoms with Crippen LogP contribution in [0.15, 0.2) is 0 Å². The number of hydrogen-bond donors (Lipinski definition) is 1. The van der Waals surface area contributed by atoms with Crippen LogP contribution < -0.4 is 5.73 Å². The number of rotatable bonds is 3. The Hall–Kier alpha value is -0.610. The van der Waals surface area contributed by atoms with Crippen molar-refractivity contribution in [3.63, 3.8) is 0 Å². The van der Waals surface area contributed by atoms with E-state index in [1.165, 1.54) is 12.8 Å². The number of nitrogens with zero attached hydrogens (tertiary/aromatic N) is 1. The highest BCUT2D eigenvalue weighted by Crippen LogP contribution is 2.30. The van der Waals surface area contributed by atoms with E-state index >= 15 is 0 Å². The third-order valence-corrected chi connectivity index (χ3v) is 2.66. The van der Waals surface area contributed by atoms with Crippen LogP contribution in [0.3, 0.4) is 0 Å². The lowest BCUT2D eigenvalue weighted by molar-refractivity contribution is -0.148. The predicted octanol–water partition coefficient (Wildman–Crippen LogP) is -0.417. The van der Waals surface area contributed by atoms with Crippen LogP contribution in [0.1, 0.15) is 12.8 Å². The number of nitrogens with two attached hydrogens (primary N) is 1. The van der Waals surface area contributed by atoms with Gasteiger partial charge in [0.15, 0.2) is 0 Å². The van der Waals surface area contributed by atoms with Crippen LogP contribution in [0.4, 0.5) is 0 Å². The van der Waals surface area contributed by atoms with E-state index < -0.39 is 0 Å². The van der Waals surface area contributed by atoms with E-state index in [9.17, 15) is 4.79 Å². The van der Waals surface area contributed by atoms with Gasteiger partial charge in [0.1, 0.15) is 6.61 Å². The van der Waals surface area contributed by atoms with Gasteiger partial charge in [-0.2, -0.15) is 0 Å². The Bertz CT molecular complexity index is 204. The Morgan fingerprint density at radius 2 is 2.31 bits per heavy atom. The number of ether oxygens (including phenoxy) is 1. The molecule has 0 bridgehead atoms. The van der Waals surface area contributed by atoms with E-state index in [0.29, 0.717) is 13.1 Å². The first-order valence-electron chi connectivity index (χ1n) is 4.89. The van der Waals surface area contributed by atoms with Gasteiger partial charge in [-0.15, -0.1) is 0 Å². The molecule has 0 spiro atoms. The van der Waals surface area contributed by atoms with Gasteiger partial charge in [-0.05, 0) is 18.8 Å². The fourth-order valence-electron chi connectivity index (χ4n) is 1.61. The minimum absolute atomic E-state index is 0.0523. The Kier molecular flexibility index (Phi) is 2.51. The molecule has 0 aromatic rings. The summed E-state index contributed by atoms with van der Waals surface area (Å²) in [5, 5.41) is 0. The molecule has 2 aliphatic rings. The zero-order chi connectivity index (χ0) is 9.26. The smallest absolute Gasteiger partial charge is 0.248 e. The molecule has 1 aliphatic carbocycles. The molecule has 1 atom stereocenters. The summed E-state index contributed by atoms with van der Waals surface area (Å²) >= 11 is 0. The molecule has 1 heterocycles. The van der Waals surface area contributed by atoms with Crippen molar-refractivity contribution in [2.75, 3.05) is 26.2 Å². The summed E-state index contributed by atoms with van der Waals surface area (Å²) < 4.78 is 5.26. The van der Waals surface area contributed by atoms with Crippen LogP contribution in [0.5, 0.6) is 0 Å². The third kappa shape index (κ3) is 2.19. The van der Waals surface area contributed by atoms with Gasteiger partial charge >= 0.3 is 0 Å². The molecule has 0 aromatic heterocycles. The van der Waals surface area contributed by atoms with Gasteiger partial charge in [-0.3, -0.25) is 4.79 Å². The maximum absolute atomic E-state index is 11.4. The molecule has 1 amide bonds. The second-order valence-electron chi connectivity index (χ2n) is 3.91. The largest absolute Gasteiger partial charge is 0.365 e. The molecule has 2 fully saturated rings. The molecule has 1 aliphatic heterocycles. The topological polar surface area (TPSA) is 55.6 Å². The SMILES string of the molecule is NC[C@@H]1CN(CC2CC2)C(=O)CO1. The summed E-state index contributed by atoms with van der Waals surface area (Å²) in [6.07, 6.45) is 2.60. The molecule has 0 radical (unpaired) electrons. The molecular formula is C9H16N2O2. The molecule has 2 rings (SSSR count). The Morgan fingerprint density at radius 1 is 1.54 bits per heavy atom. The van der Waals surface area contributed by atoms with Gasteiger partial charge in [0.05, 0.1) is 6.10 Å². The highest BCUT2D eigenvalue weighted by atomic mass is 16.5. The highest BCUT2D eigenvalue weighted by Gasteiger charge is 2.31. The van der Waals surface area contributed by atoms with Crippen LogP contribution >= 0.6 is 0 Å². The number of amides is 1. The lowest BCUT2D eigenvalue weighted by atomic mass is 10.2. The molecule has 0 aromatic carbocycles. The zero-order valence-electron chi connectivity index (χ0n) is 7.74. The van der Waals surface area contributed by atoms with Crippen molar-refractivity contribution in [2.24, 2.45) is 11.7 Å². The second kappa shape index (κ2) is 3.64. The van der Waals surface area contributed by atoms with Crippen molar-refractivity contribution in [3.8, 4) is 0 Å². The van der Waals surface area contributed by atoms with Crippen molar-refractivity contribution in [1.82, 2.24) is 4.90 Å². The normalized spacial score (nSPS) is 29.5. The third-order valence-electron chi connectivity index (χ3n) is 2.66. The molecule has 0 unspecified atom stereocenters. The maximum Gasteiger partial charge on any atom is 0.248 e. The Morgan fingerprint density at radius 3 is 2.92 bits per heavy atom. The van der Waals surface area contributed by atoms with E-state index in [1.807, 2.05) is 4.90 Å². The van der Waals surface area contributed by atoms with E-state index in [4.69, 9.17) is 10.5 Å². The van der Waals surface area contributed by atoms with Crippen LogP contribution in [0.25, 0.3) is 0 Å². The number of carbonyl (C=O) groups is 1. The molecule has 4 nitrogen and oxygen atoms in total. The van der Waals surface area contributed by atoms with Crippen LogP contribution in [0.2, 0.25) is 0 Å². The lowest BCUT2D eigenvalue weighted by Gasteiger charge is -2.32. The van der Waals surface area contributed by atoms with Crippen LogP contribution in [-0.4, -0.2) is 43.2 Å². The van der Waals surface area contributed by atoms with Crippen molar-refractivity contribution in [3.05, 3.63) is 0 Å². The average molecular weight is 184 g/mol. The molecule has 13 heavy (non-hydrogen) atoms. The zero-order valence-corrected chi connectivity index (χ0v) is 7.74. The molecule has 74 valence electrons.